The summed E-state index contributed by atoms with van der Waals surface area (Å²) in [6, 6.07) is 4.62. The highest BCUT2D eigenvalue weighted by Gasteiger charge is 2.39. The van der Waals surface area contributed by atoms with Gasteiger partial charge in [0.1, 0.15) is 0 Å². The highest BCUT2D eigenvalue weighted by Crippen LogP contribution is 2.39. The van der Waals surface area contributed by atoms with Crippen LogP contribution in [-0.2, 0) is 0 Å². The second kappa shape index (κ2) is 4.09. The first-order valence-corrected chi connectivity index (χ1v) is 8.29. The van der Waals surface area contributed by atoms with Crippen LogP contribution in [0.2, 0.25) is 18.1 Å². The van der Waals surface area contributed by atoms with E-state index in [1.807, 2.05) is 0 Å². The van der Waals surface area contributed by atoms with Crippen molar-refractivity contribution in [1.82, 2.24) is 0 Å². The monoisotopic (exact) mass is 241 g/mol. The van der Waals surface area contributed by atoms with Crippen LogP contribution in [-0.4, -0.2) is 8.32 Å². The molecule has 0 radical (unpaired) electrons. The van der Waals surface area contributed by atoms with E-state index in [4.69, 9.17) is 10.2 Å². The van der Waals surface area contributed by atoms with Crippen molar-refractivity contribution in [2.75, 3.05) is 5.73 Å². The minimum Gasteiger partial charge on any atom is -0.540 e. The van der Waals surface area contributed by atoms with Crippen LogP contribution in [0, 0.1) is 5.82 Å². The number of hydrogen-bond acceptors (Lipinski definition) is 2. The number of benzene rings is 1. The molecule has 2 N–H and O–H groups in total. The van der Waals surface area contributed by atoms with Crippen LogP contribution in [0.5, 0.6) is 5.75 Å². The Morgan fingerprint density at radius 1 is 1.25 bits per heavy atom. The molecule has 0 spiro atoms. The molecule has 2 nitrogen and oxygen atoms in total. The minimum absolute atomic E-state index is 0.0295. The molecule has 1 rings (SSSR count). The Kier molecular flexibility index (Phi) is 3.33. The molecule has 0 heterocycles. The lowest BCUT2D eigenvalue weighted by molar-refractivity contribution is 0.459. The van der Waals surface area contributed by atoms with Crippen LogP contribution in [0.25, 0.3) is 0 Å². The highest BCUT2D eigenvalue weighted by molar-refractivity contribution is 6.74. The van der Waals surface area contributed by atoms with Gasteiger partial charge in [0.05, 0.1) is 5.69 Å². The van der Waals surface area contributed by atoms with Crippen LogP contribution in [0.15, 0.2) is 18.2 Å². The quantitative estimate of drug-likeness (QED) is 0.631. The molecule has 0 saturated carbocycles. The first-order valence-electron chi connectivity index (χ1n) is 5.38. The van der Waals surface area contributed by atoms with E-state index in [9.17, 15) is 4.39 Å². The number of anilines is 1. The summed E-state index contributed by atoms with van der Waals surface area (Å²) >= 11 is 0. The summed E-state index contributed by atoms with van der Waals surface area (Å²) in [6.07, 6.45) is 0. The minimum atomic E-state index is -2.03. The van der Waals surface area contributed by atoms with Gasteiger partial charge in [-0.15, -0.1) is 0 Å². The predicted molar refractivity (Wildman–Crippen MR) is 68.6 cm³/mol. The van der Waals surface area contributed by atoms with Gasteiger partial charge in [0.15, 0.2) is 11.6 Å². The van der Waals surface area contributed by atoms with Gasteiger partial charge in [0, 0.05) is 0 Å². The van der Waals surface area contributed by atoms with E-state index < -0.39 is 8.32 Å². The third-order valence-corrected chi connectivity index (χ3v) is 7.49. The topological polar surface area (TPSA) is 35.2 Å². The molecule has 0 fully saturated rings. The van der Waals surface area contributed by atoms with E-state index in [2.05, 4.69) is 33.9 Å². The van der Waals surface area contributed by atoms with Crippen LogP contribution in [0.4, 0.5) is 10.1 Å². The van der Waals surface area contributed by atoms with Gasteiger partial charge in [-0.05, 0) is 30.3 Å². The smallest absolute Gasteiger partial charge is 0.250 e. The van der Waals surface area contributed by atoms with Crippen LogP contribution >= 0.6 is 0 Å². The Morgan fingerprint density at radius 3 is 2.25 bits per heavy atom. The second-order valence-corrected chi connectivity index (χ2v) is 10.2. The highest BCUT2D eigenvalue weighted by atomic mass is 28.4. The number of nitrogen functional groups attached to an aromatic ring is 1. The predicted octanol–water partition coefficient (Wildman–Crippen LogP) is 3.79. The van der Waals surface area contributed by atoms with Crippen LogP contribution in [0.3, 0.4) is 0 Å². The SMILES string of the molecule is CC(C)(C)[Si](C)(C)Oc1c(N)cccc1F. The van der Waals surface area contributed by atoms with Crippen molar-refractivity contribution in [2.24, 2.45) is 0 Å². The summed E-state index contributed by atoms with van der Waals surface area (Å²) in [4.78, 5) is 0. The fourth-order valence-electron chi connectivity index (χ4n) is 1.04. The average Bonchev–Trinajstić information content (AvgIpc) is 2.10. The first kappa shape index (κ1) is 13.0. The Bertz CT molecular complexity index is 365. The van der Waals surface area contributed by atoms with Crippen molar-refractivity contribution >= 4 is 14.0 Å². The number of halogens is 1. The van der Waals surface area contributed by atoms with Crippen molar-refractivity contribution < 1.29 is 8.82 Å². The van der Waals surface area contributed by atoms with E-state index in [1.54, 1.807) is 12.1 Å². The van der Waals surface area contributed by atoms with Gasteiger partial charge in [-0.3, -0.25) is 0 Å². The van der Waals surface area contributed by atoms with E-state index in [0.29, 0.717) is 5.69 Å². The van der Waals surface area contributed by atoms with Crippen LogP contribution in [0.1, 0.15) is 20.8 Å². The van der Waals surface area contributed by atoms with E-state index in [-0.39, 0.29) is 16.6 Å². The maximum atomic E-state index is 13.6. The first-order chi connectivity index (χ1) is 7.15. The number of para-hydroxylation sites is 1. The van der Waals surface area contributed by atoms with Crippen LogP contribution < -0.4 is 10.2 Å². The zero-order valence-electron chi connectivity index (χ0n) is 10.6. The van der Waals surface area contributed by atoms with Crippen molar-refractivity contribution in [2.45, 2.75) is 38.9 Å². The van der Waals surface area contributed by atoms with E-state index in [1.165, 1.54) is 6.07 Å². The molecule has 0 aliphatic carbocycles. The fourth-order valence-corrected chi connectivity index (χ4v) is 2.07. The van der Waals surface area contributed by atoms with Gasteiger partial charge < -0.3 is 10.2 Å². The molecule has 16 heavy (non-hydrogen) atoms. The summed E-state index contributed by atoms with van der Waals surface area (Å²) in [5, 5.41) is 0.0295. The molecular formula is C12H20FNOSi. The molecule has 0 saturated heterocycles. The molecule has 90 valence electrons. The Labute approximate surface area is 97.7 Å². The Hall–Kier alpha value is -1.03. The van der Waals surface area contributed by atoms with Gasteiger partial charge in [0.25, 0.3) is 8.32 Å². The summed E-state index contributed by atoms with van der Waals surface area (Å²) in [7, 11) is -2.03. The summed E-state index contributed by atoms with van der Waals surface area (Å²) in [5.41, 5.74) is 6.09. The third-order valence-electron chi connectivity index (χ3n) is 3.16. The number of nitrogens with two attached hydrogens (primary N) is 1. The maximum absolute atomic E-state index is 13.6. The lowest BCUT2D eigenvalue weighted by atomic mass is 10.2. The largest absolute Gasteiger partial charge is 0.540 e. The Morgan fingerprint density at radius 2 is 1.81 bits per heavy atom. The van der Waals surface area contributed by atoms with Crippen molar-refractivity contribution in [1.29, 1.82) is 0 Å². The molecule has 0 aromatic heterocycles. The van der Waals surface area contributed by atoms with Crippen molar-refractivity contribution in [3.05, 3.63) is 24.0 Å². The van der Waals surface area contributed by atoms with Gasteiger partial charge in [-0.2, -0.15) is 0 Å². The number of rotatable bonds is 2. The third kappa shape index (κ3) is 2.55. The molecule has 0 aliphatic heterocycles. The van der Waals surface area contributed by atoms with Crippen molar-refractivity contribution in [3.8, 4) is 5.75 Å². The standard InChI is InChI=1S/C12H20FNOSi/c1-12(2,3)16(4,5)15-11-9(13)7-6-8-10(11)14/h6-8H,14H2,1-5H3. The zero-order chi connectivity index (χ0) is 12.6. The average molecular weight is 241 g/mol. The summed E-state index contributed by atoms with van der Waals surface area (Å²) in [6.45, 7) is 10.5. The Balaban J connectivity index is 3.06. The molecule has 0 amide bonds. The molecule has 0 unspecified atom stereocenters. The summed E-state index contributed by atoms with van der Waals surface area (Å²) in [5.74, 6) is -0.182. The van der Waals surface area contributed by atoms with Gasteiger partial charge >= 0.3 is 0 Å². The normalized spacial score (nSPS) is 12.6. The lowest BCUT2D eigenvalue weighted by Gasteiger charge is -2.36. The second-order valence-electron chi connectivity index (χ2n) is 5.52. The molecule has 1 aromatic carbocycles. The van der Waals surface area contributed by atoms with Gasteiger partial charge in [-0.1, -0.05) is 26.8 Å². The molecule has 0 aliphatic rings. The van der Waals surface area contributed by atoms with E-state index in [0.717, 1.165) is 0 Å². The number of hydrogen-bond donors (Lipinski definition) is 1. The molecule has 0 bridgehead atoms. The summed E-state index contributed by atoms with van der Waals surface area (Å²) < 4.78 is 19.5. The van der Waals surface area contributed by atoms with Gasteiger partial charge in [-0.25, -0.2) is 4.39 Å². The fraction of sp³-hybridized carbons (Fsp3) is 0.500. The maximum Gasteiger partial charge on any atom is 0.250 e. The van der Waals surface area contributed by atoms with Gasteiger partial charge in [0.2, 0.25) is 0 Å². The molecule has 0 atom stereocenters. The molecule has 1 aromatic rings. The zero-order valence-corrected chi connectivity index (χ0v) is 11.6. The molecule has 4 heteroatoms. The van der Waals surface area contributed by atoms with Crippen molar-refractivity contribution in [3.63, 3.8) is 0 Å². The van der Waals surface area contributed by atoms with E-state index >= 15 is 0 Å². The lowest BCUT2D eigenvalue weighted by Crippen LogP contribution is -2.44. The molecular weight excluding hydrogens is 221 g/mol.